The van der Waals surface area contributed by atoms with E-state index < -0.39 is 0 Å². The minimum Gasteiger partial charge on any atom is -0.399 e. The zero-order valence-electron chi connectivity index (χ0n) is 13.6. The third-order valence-corrected chi connectivity index (χ3v) is 3.98. The molecule has 3 nitrogen and oxygen atoms in total. The van der Waals surface area contributed by atoms with Gasteiger partial charge < -0.3 is 11.1 Å². The minimum atomic E-state index is -0.130. The Labute approximate surface area is 142 Å². The molecule has 0 aliphatic carbocycles. The first-order chi connectivity index (χ1) is 11.6. The van der Waals surface area contributed by atoms with Gasteiger partial charge >= 0.3 is 0 Å². The highest BCUT2D eigenvalue weighted by atomic mass is 16.1. The molecule has 3 heteroatoms. The van der Waals surface area contributed by atoms with Crippen LogP contribution in [0.3, 0.4) is 0 Å². The molecule has 0 aromatic heterocycles. The van der Waals surface area contributed by atoms with E-state index in [9.17, 15) is 4.79 Å². The van der Waals surface area contributed by atoms with Gasteiger partial charge in [-0.3, -0.25) is 4.79 Å². The van der Waals surface area contributed by atoms with Crippen LogP contribution in [0.1, 0.15) is 27.0 Å². The van der Waals surface area contributed by atoms with Crippen LogP contribution >= 0.6 is 0 Å². The molecule has 0 saturated carbocycles. The standard InChI is InChI=1S/C21H20N2O/c1-15-7-12-19(22)14-20(15)23-21(24)18-10-8-17(9-11-18)13-16-5-3-2-4-6-16/h2-12,14H,13,22H2,1H3,(H,23,24). The van der Waals surface area contributed by atoms with Crippen LogP contribution in [0.15, 0.2) is 72.8 Å². The maximum atomic E-state index is 12.4. The Balaban J connectivity index is 1.71. The monoisotopic (exact) mass is 316 g/mol. The fourth-order valence-corrected chi connectivity index (χ4v) is 2.57. The molecule has 0 saturated heterocycles. The molecule has 0 unspecified atom stereocenters. The summed E-state index contributed by atoms with van der Waals surface area (Å²) in [5, 5.41) is 2.92. The first kappa shape index (κ1) is 15.8. The van der Waals surface area contributed by atoms with Crippen molar-refractivity contribution in [2.75, 3.05) is 11.1 Å². The van der Waals surface area contributed by atoms with Crippen molar-refractivity contribution in [3.05, 3.63) is 95.1 Å². The van der Waals surface area contributed by atoms with Crippen LogP contribution in [-0.2, 0) is 6.42 Å². The van der Waals surface area contributed by atoms with Gasteiger partial charge in [0.1, 0.15) is 0 Å². The number of hydrogen-bond donors (Lipinski definition) is 2. The number of amides is 1. The summed E-state index contributed by atoms with van der Waals surface area (Å²) in [7, 11) is 0. The molecule has 24 heavy (non-hydrogen) atoms. The molecule has 3 aromatic carbocycles. The highest BCUT2D eigenvalue weighted by molar-refractivity contribution is 6.04. The Hall–Kier alpha value is -3.07. The quantitative estimate of drug-likeness (QED) is 0.700. The molecule has 120 valence electrons. The van der Waals surface area contributed by atoms with Crippen LogP contribution in [-0.4, -0.2) is 5.91 Å². The average molecular weight is 316 g/mol. The van der Waals surface area contributed by atoms with Crippen LogP contribution in [0.2, 0.25) is 0 Å². The first-order valence-electron chi connectivity index (χ1n) is 7.92. The summed E-state index contributed by atoms with van der Waals surface area (Å²) in [5.41, 5.74) is 11.2. The summed E-state index contributed by atoms with van der Waals surface area (Å²) in [6.45, 7) is 1.94. The topological polar surface area (TPSA) is 55.1 Å². The number of carbonyl (C=O) groups excluding carboxylic acids is 1. The third kappa shape index (κ3) is 3.82. The summed E-state index contributed by atoms with van der Waals surface area (Å²) >= 11 is 0. The second kappa shape index (κ2) is 7.01. The van der Waals surface area contributed by atoms with Gasteiger partial charge in [-0.05, 0) is 54.3 Å². The number of hydrogen-bond acceptors (Lipinski definition) is 2. The molecule has 1 amide bonds. The van der Waals surface area contributed by atoms with E-state index in [-0.39, 0.29) is 5.91 Å². The van der Waals surface area contributed by atoms with E-state index in [0.717, 1.165) is 17.7 Å². The Morgan fingerprint density at radius 2 is 1.58 bits per heavy atom. The largest absolute Gasteiger partial charge is 0.399 e. The maximum absolute atomic E-state index is 12.4. The van der Waals surface area contributed by atoms with Gasteiger partial charge in [0.25, 0.3) is 5.91 Å². The lowest BCUT2D eigenvalue weighted by Gasteiger charge is -2.10. The number of nitrogens with one attached hydrogen (secondary N) is 1. The van der Waals surface area contributed by atoms with E-state index in [4.69, 9.17) is 5.73 Å². The second-order valence-corrected chi connectivity index (χ2v) is 5.89. The van der Waals surface area contributed by atoms with E-state index in [1.54, 1.807) is 6.07 Å². The van der Waals surface area contributed by atoms with Crippen molar-refractivity contribution < 1.29 is 4.79 Å². The first-order valence-corrected chi connectivity index (χ1v) is 7.92. The normalized spacial score (nSPS) is 10.4. The molecule has 0 bridgehead atoms. The molecule has 0 heterocycles. The highest BCUT2D eigenvalue weighted by Gasteiger charge is 2.08. The Bertz CT molecular complexity index is 839. The Morgan fingerprint density at radius 3 is 2.29 bits per heavy atom. The number of nitrogens with two attached hydrogens (primary N) is 1. The summed E-state index contributed by atoms with van der Waals surface area (Å²) in [6.07, 6.45) is 0.858. The van der Waals surface area contributed by atoms with Crippen LogP contribution in [0.25, 0.3) is 0 Å². The summed E-state index contributed by atoms with van der Waals surface area (Å²) < 4.78 is 0. The van der Waals surface area contributed by atoms with Crippen molar-refractivity contribution >= 4 is 17.3 Å². The zero-order valence-corrected chi connectivity index (χ0v) is 13.6. The van der Waals surface area contributed by atoms with Crippen LogP contribution in [0, 0.1) is 6.92 Å². The summed E-state index contributed by atoms with van der Waals surface area (Å²) in [6, 6.07) is 23.5. The molecule has 3 aromatic rings. The average Bonchev–Trinajstić information content (AvgIpc) is 2.60. The minimum absolute atomic E-state index is 0.130. The number of carbonyl (C=O) groups is 1. The van der Waals surface area contributed by atoms with E-state index in [1.165, 1.54) is 11.1 Å². The van der Waals surface area contributed by atoms with Gasteiger partial charge in [-0.1, -0.05) is 48.5 Å². The van der Waals surface area contributed by atoms with Crippen molar-refractivity contribution in [2.24, 2.45) is 0 Å². The zero-order chi connectivity index (χ0) is 16.9. The van der Waals surface area contributed by atoms with Crippen LogP contribution in [0.5, 0.6) is 0 Å². The van der Waals surface area contributed by atoms with Gasteiger partial charge in [0.05, 0.1) is 0 Å². The van der Waals surface area contributed by atoms with Gasteiger partial charge in [-0.25, -0.2) is 0 Å². The lowest BCUT2D eigenvalue weighted by Crippen LogP contribution is -2.13. The number of aryl methyl sites for hydroxylation is 1. The SMILES string of the molecule is Cc1ccc(N)cc1NC(=O)c1ccc(Cc2ccccc2)cc1. The van der Waals surface area contributed by atoms with E-state index in [2.05, 4.69) is 17.4 Å². The molecular formula is C21H20N2O. The van der Waals surface area contributed by atoms with E-state index >= 15 is 0 Å². The third-order valence-electron chi connectivity index (χ3n) is 3.98. The van der Waals surface area contributed by atoms with Gasteiger partial charge in [0, 0.05) is 16.9 Å². The van der Waals surface area contributed by atoms with Crippen molar-refractivity contribution in [3.63, 3.8) is 0 Å². The summed E-state index contributed by atoms with van der Waals surface area (Å²) in [4.78, 5) is 12.4. The van der Waals surface area contributed by atoms with Crippen molar-refractivity contribution in [3.8, 4) is 0 Å². The Kier molecular flexibility index (Phi) is 4.62. The summed E-state index contributed by atoms with van der Waals surface area (Å²) in [5.74, 6) is -0.130. The van der Waals surface area contributed by atoms with Crippen LogP contribution in [0.4, 0.5) is 11.4 Å². The van der Waals surface area contributed by atoms with Gasteiger partial charge in [-0.15, -0.1) is 0 Å². The lowest BCUT2D eigenvalue weighted by molar-refractivity contribution is 0.102. The smallest absolute Gasteiger partial charge is 0.255 e. The molecule has 3 rings (SSSR count). The van der Waals surface area contributed by atoms with Crippen LogP contribution < -0.4 is 11.1 Å². The molecule has 0 spiro atoms. The molecule has 0 radical (unpaired) electrons. The van der Waals surface area contributed by atoms with Crippen molar-refractivity contribution in [1.29, 1.82) is 0 Å². The van der Waals surface area contributed by atoms with Crippen molar-refractivity contribution in [2.45, 2.75) is 13.3 Å². The van der Waals surface area contributed by atoms with Gasteiger partial charge in [0.15, 0.2) is 0 Å². The number of rotatable bonds is 4. The van der Waals surface area contributed by atoms with Crippen molar-refractivity contribution in [1.82, 2.24) is 0 Å². The van der Waals surface area contributed by atoms with Gasteiger partial charge in [-0.2, -0.15) is 0 Å². The molecule has 0 atom stereocenters. The molecule has 3 N–H and O–H groups in total. The molecule has 0 aliphatic heterocycles. The number of nitrogen functional groups attached to an aromatic ring is 1. The lowest BCUT2D eigenvalue weighted by atomic mass is 10.0. The predicted molar refractivity (Wildman–Crippen MR) is 99.2 cm³/mol. The fourth-order valence-electron chi connectivity index (χ4n) is 2.57. The Morgan fingerprint density at radius 1 is 0.917 bits per heavy atom. The second-order valence-electron chi connectivity index (χ2n) is 5.89. The predicted octanol–water partition coefficient (Wildman–Crippen LogP) is 4.42. The molecular weight excluding hydrogens is 296 g/mol. The molecule has 0 aliphatic rings. The van der Waals surface area contributed by atoms with E-state index in [1.807, 2.05) is 61.5 Å². The number of benzene rings is 3. The van der Waals surface area contributed by atoms with E-state index in [0.29, 0.717) is 11.3 Å². The maximum Gasteiger partial charge on any atom is 0.255 e. The highest BCUT2D eigenvalue weighted by Crippen LogP contribution is 2.19. The fraction of sp³-hybridized carbons (Fsp3) is 0.0952. The number of anilines is 2. The molecule has 0 fully saturated rings. The van der Waals surface area contributed by atoms with Gasteiger partial charge in [0.2, 0.25) is 0 Å².